The third-order valence-corrected chi connectivity index (χ3v) is 20.9. The highest BCUT2D eigenvalue weighted by atomic mass is 32.1. The Kier molecular flexibility index (Phi) is 20.9. The van der Waals surface area contributed by atoms with Gasteiger partial charge >= 0.3 is 0 Å². The number of hydrogen-bond acceptors (Lipinski definition) is 18. The van der Waals surface area contributed by atoms with Crippen LogP contribution in [0.15, 0.2) is 48.2 Å². The number of aliphatic hydroxyl groups is 1. The topological polar surface area (TPSA) is 248 Å². The van der Waals surface area contributed by atoms with Crippen molar-refractivity contribution in [3.05, 3.63) is 76.7 Å². The summed E-state index contributed by atoms with van der Waals surface area (Å²) in [6.07, 6.45) is 5.74. The molecular weight excluding hydrogens is 1220 g/mol. The summed E-state index contributed by atoms with van der Waals surface area (Å²) in [6.45, 7) is 19.8. The van der Waals surface area contributed by atoms with Gasteiger partial charge in [-0.2, -0.15) is 0 Å². The molecule has 6 atom stereocenters. The molecule has 11 rings (SSSR count). The van der Waals surface area contributed by atoms with Gasteiger partial charge in [-0.25, -0.2) is 28.1 Å². The lowest BCUT2D eigenvalue weighted by Crippen LogP contribution is -2.66. The molecule has 0 radical (unpaired) electrons. The number of alkyl halides is 1. The van der Waals surface area contributed by atoms with Crippen LogP contribution < -0.4 is 41.1 Å². The van der Waals surface area contributed by atoms with Crippen molar-refractivity contribution in [1.29, 1.82) is 0 Å². The molecule has 93 heavy (non-hydrogen) atoms. The van der Waals surface area contributed by atoms with Gasteiger partial charge in [0.15, 0.2) is 5.67 Å². The van der Waals surface area contributed by atoms with Crippen LogP contribution in [0, 0.1) is 41.2 Å². The number of halogens is 3. The number of anilines is 3. The van der Waals surface area contributed by atoms with Crippen LogP contribution in [0.1, 0.15) is 109 Å². The average Bonchev–Trinajstić information content (AvgIpc) is 1.03. The number of aryl methyl sites for hydroxylation is 1. The zero-order valence-corrected chi connectivity index (χ0v) is 55.3. The fraction of sp³-hybridized carbons (Fsp3) is 0.642. The Morgan fingerprint density at radius 1 is 0.839 bits per heavy atom. The summed E-state index contributed by atoms with van der Waals surface area (Å²) < 4.78 is 64.5. The number of thiazole rings is 1. The SMILES string of the molecule is Cc1ncsc1-c1ccc(CNC(=O)[C@@H]2C[C@@H](O)CN2C(=O)[C@@H](NC(=O)C2(F)CC2)C(C)(C)C)c(OCCNC(=O)COC2C[C@@H]3CN(CCOCCNc4cc(N5CCC6(CC5)CN(c5cc(F)c(CN7CCC(C)(C)CC7)cc5F)CC(=O)N6)ncn4)C[C@@H]3C2)c1. The minimum atomic E-state index is -1.99. The number of likely N-dealkylation sites (tertiary alicyclic amines) is 3. The van der Waals surface area contributed by atoms with E-state index in [9.17, 15) is 33.5 Å². The Balaban J connectivity index is 0.564. The number of carbonyl (C=O) groups is 5. The third kappa shape index (κ3) is 16.9. The Hall–Kier alpha value is -6.71. The lowest BCUT2D eigenvalue weighted by atomic mass is 9.82. The van der Waals surface area contributed by atoms with Crippen molar-refractivity contribution in [3.63, 3.8) is 0 Å². The molecule has 2 saturated carbocycles. The monoisotopic (exact) mass is 1310 g/mol. The molecule has 1 unspecified atom stereocenters. The van der Waals surface area contributed by atoms with E-state index in [-0.39, 0.29) is 87.7 Å². The smallest absolute Gasteiger partial charge is 0.258 e. The molecule has 7 fully saturated rings. The summed E-state index contributed by atoms with van der Waals surface area (Å²) in [6, 6.07) is 7.97. The van der Waals surface area contributed by atoms with Crippen molar-refractivity contribution < 1.29 is 56.5 Å². The summed E-state index contributed by atoms with van der Waals surface area (Å²) in [5, 5.41) is 25.7. The number of β-amino-alcohol motifs (C(OH)–C–C–N with tert-alkyl or cyclic N) is 1. The summed E-state index contributed by atoms with van der Waals surface area (Å²) in [5.74, 6) is -0.447. The molecular formula is C67H92F3N13O9S. The van der Waals surface area contributed by atoms with Crippen molar-refractivity contribution in [3.8, 4) is 16.2 Å². The van der Waals surface area contributed by atoms with E-state index < -0.39 is 64.2 Å². The number of fused-ring (bicyclic) bond motifs is 1. The van der Waals surface area contributed by atoms with E-state index in [1.807, 2.05) is 31.2 Å². The molecule has 5 saturated heterocycles. The number of nitrogens with one attached hydrogen (secondary N) is 5. The highest BCUT2D eigenvalue weighted by molar-refractivity contribution is 7.13. The van der Waals surface area contributed by atoms with E-state index >= 15 is 8.78 Å². The van der Waals surface area contributed by atoms with Crippen molar-refractivity contribution in [2.24, 2.45) is 22.7 Å². The molecule has 6 N–H and O–H groups in total. The first-order valence-electron chi connectivity index (χ1n) is 33.1. The van der Waals surface area contributed by atoms with Crippen LogP contribution in [0.5, 0.6) is 5.75 Å². The second-order valence-electron chi connectivity index (χ2n) is 28.6. The molecule has 506 valence electrons. The number of amides is 5. The van der Waals surface area contributed by atoms with Gasteiger partial charge in [0.05, 0.1) is 65.8 Å². The van der Waals surface area contributed by atoms with Gasteiger partial charge in [-0.05, 0) is 112 Å². The second kappa shape index (κ2) is 28.7. The summed E-state index contributed by atoms with van der Waals surface area (Å²) in [7, 11) is 0. The quantitative estimate of drug-likeness (QED) is 0.0433. The maximum atomic E-state index is 15.8. The Bertz CT molecular complexity index is 3320. The van der Waals surface area contributed by atoms with Crippen LogP contribution in [0.2, 0.25) is 0 Å². The van der Waals surface area contributed by atoms with Crippen LogP contribution >= 0.6 is 11.3 Å². The van der Waals surface area contributed by atoms with Crippen molar-refractivity contribution >= 4 is 58.2 Å². The zero-order chi connectivity index (χ0) is 65.8. The van der Waals surface area contributed by atoms with E-state index in [0.29, 0.717) is 93.3 Å². The first-order valence-corrected chi connectivity index (χ1v) is 33.9. The molecule has 7 heterocycles. The lowest BCUT2D eigenvalue weighted by molar-refractivity contribution is -0.145. The molecule has 22 nitrogen and oxygen atoms in total. The molecule has 1 spiro atoms. The van der Waals surface area contributed by atoms with E-state index in [1.54, 1.807) is 31.2 Å². The molecule has 2 aliphatic carbocycles. The number of benzene rings is 2. The maximum Gasteiger partial charge on any atom is 0.258 e. The molecule has 5 aliphatic heterocycles. The van der Waals surface area contributed by atoms with Gasteiger partial charge in [0.1, 0.15) is 60.6 Å². The molecule has 2 aromatic carbocycles. The van der Waals surface area contributed by atoms with Crippen LogP contribution in [0.4, 0.5) is 30.5 Å². The number of piperazine rings is 1. The number of nitrogens with zero attached hydrogens (tertiary/aromatic N) is 8. The molecule has 26 heteroatoms. The van der Waals surface area contributed by atoms with Crippen molar-refractivity contribution in [2.75, 3.05) is 120 Å². The minimum Gasteiger partial charge on any atom is -0.491 e. The van der Waals surface area contributed by atoms with Crippen LogP contribution in [-0.4, -0.2) is 205 Å². The first kappa shape index (κ1) is 67.7. The van der Waals surface area contributed by atoms with Gasteiger partial charge in [0.2, 0.25) is 23.6 Å². The minimum absolute atomic E-state index is 0.00616. The largest absolute Gasteiger partial charge is 0.491 e. The van der Waals surface area contributed by atoms with Crippen LogP contribution in [0.25, 0.3) is 10.4 Å². The van der Waals surface area contributed by atoms with Gasteiger partial charge in [0.25, 0.3) is 5.91 Å². The van der Waals surface area contributed by atoms with Crippen LogP contribution in [0.3, 0.4) is 0 Å². The molecule has 7 aliphatic rings. The predicted molar refractivity (Wildman–Crippen MR) is 346 cm³/mol. The predicted octanol–water partition coefficient (Wildman–Crippen LogP) is 5.75. The molecule has 0 bridgehead atoms. The molecule has 2 aromatic heterocycles. The van der Waals surface area contributed by atoms with E-state index in [2.05, 4.69) is 70.1 Å². The van der Waals surface area contributed by atoms with E-state index in [1.165, 1.54) is 34.7 Å². The van der Waals surface area contributed by atoms with Gasteiger partial charge in [-0.15, -0.1) is 11.3 Å². The Morgan fingerprint density at radius 2 is 1.59 bits per heavy atom. The Labute approximate surface area is 546 Å². The third-order valence-electron chi connectivity index (χ3n) is 19.9. The summed E-state index contributed by atoms with van der Waals surface area (Å²) in [4.78, 5) is 90.9. The summed E-state index contributed by atoms with van der Waals surface area (Å²) >= 11 is 1.49. The second-order valence-corrected chi connectivity index (χ2v) is 29.5. The van der Waals surface area contributed by atoms with E-state index in [0.717, 1.165) is 80.4 Å². The normalized spacial score (nSPS) is 23.7. The zero-order valence-electron chi connectivity index (χ0n) is 54.5. The number of aromatic nitrogens is 3. The highest BCUT2D eigenvalue weighted by Gasteiger charge is 2.54. The average molecular weight is 1310 g/mol. The van der Waals surface area contributed by atoms with Gasteiger partial charge in [0, 0.05) is 95.1 Å². The standard InChI is InChI=1S/C67H92F3N13O9S/c1-42-59(93-41-76-42)43-7-8-44(32-73-61(87)53-29-48(84)36-83(53)62(88)60(64(2,3)4)77-63(89)67(70)9-10-67)54(28-43)91-23-16-72-58(86)38-92-49-25-45-33-80(34-46(45)26-49)21-24-90-22-15-71-55-31-56(75-40-74-55)81-19-13-66(14-20-81)39-82(37-57(85)78-66)52-30-50(68)47(27-51(52)69)35-79-17-11-65(5,6)12-18-79/h7-8,27-28,30-31,40-41,45-46,48-49,53,60,84H,9-26,29,32-39H2,1-6H3,(H,72,86)(H,73,87)(H,77,89)(H,78,85)(H,71,74,75)/t45-,46+,48-,49?,53+,60-/m1/s1. The van der Waals surface area contributed by atoms with Crippen LogP contribution in [-0.2, 0) is 46.5 Å². The Morgan fingerprint density at radius 3 is 2.30 bits per heavy atom. The number of carbonyl (C=O) groups excluding carboxylic acids is 5. The number of hydrogen-bond donors (Lipinski definition) is 6. The molecule has 4 aromatic rings. The van der Waals surface area contributed by atoms with Crippen molar-refractivity contribution in [2.45, 2.75) is 148 Å². The van der Waals surface area contributed by atoms with Gasteiger partial charge in [-0.1, -0.05) is 46.8 Å². The molecule has 5 amide bonds. The summed E-state index contributed by atoms with van der Waals surface area (Å²) in [5.41, 5.74) is 1.45. The number of rotatable bonds is 25. The van der Waals surface area contributed by atoms with Gasteiger partial charge in [-0.3, -0.25) is 28.9 Å². The first-order chi connectivity index (χ1) is 44.4. The van der Waals surface area contributed by atoms with E-state index in [4.69, 9.17) is 14.2 Å². The van der Waals surface area contributed by atoms with Gasteiger partial charge < -0.3 is 65.5 Å². The maximum absolute atomic E-state index is 15.8. The highest BCUT2D eigenvalue weighted by Crippen LogP contribution is 2.42. The number of aliphatic hydroxyl groups excluding tert-OH is 1. The fourth-order valence-corrected chi connectivity index (χ4v) is 14.9. The number of ether oxygens (including phenoxy) is 3. The number of piperidine rings is 2. The lowest BCUT2D eigenvalue weighted by Gasteiger charge is -2.48. The fourth-order valence-electron chi connectivity index (χ4n) is 14.1. The van der Waals surface area contributed by atoms with Crippen molar-refractivity contribution in [1.82, 2.24) is 50.9 Å².